The predicted molar refractivity (Wildman–Crippen MR) is 69.8 cm³/mol. The van der Waals surface area contributed by atoms with E-state index in [1.54, 1.807) is 13.0 Å². The lowest BCUT2D eigenvalue weighted by Crippen LogP contribution is -1.98. The molecule has 0 aliphatic carbocycles. The molecule has 2 rings (SSSR count). The normalized spacial score (nSPS) is 10.4. The molecule has 0 aliphatic rings. The van der Waals surface area contributed by atoms with Gasteiger partial charge in [-0.3, -0.25) is 10.1 Å². The van der Waals surface area contributed by atoms with Crippen LogP contribution in [0.25, 0.3) is 0 Å². The van der Waals surface area contributed by atoms with Crippen molar-refractivity contribution in [2.75, 3.05) is 0 Å². The quantitative estimate of drug-likeness (QED) is 0.620. The van der Waals surface area contributed by atoms with E-state index >= 15 is 0 Å². The Morgan fingerprint density at radius 1 is 1.30 bits per heavy atom. The van der Waals surface area contributed by atoms with Crippen molar-refractivity contribution in [3.8, 4) is 11.6 Å². The van der Waals surface area contributed by atoms with Crippen molar-refractivity contribution in [2.24, 2.45) is 0 Å². The molecule has 5 nitrogen and oxygen atoms in total. The molecule has 20 heavy (non-hydrogen) atoms. The van der Waals surface area contributed by atoms with E-state index in [0.29, 0.717) is 16.6 Å². The minimum Gasteiger partial charge on any atom is -0.435 e. The number of nitro groups is 1. The summed E-state index contributed by atoms with van der Waals surface area (Å²) in [7, 11) is 0. The maximum absolute atomic E-state index is 13.6. The second-order valence-corrected chi connectivity index (χ2v) is 4.75. The van der Waals surface area contributed by atoms with Crippen LogP contribution in [-0.4, -0.2) is 9.91 Å². The summed E-state index contributed by atoms with van der Waals surface area (Å²) in [5, 5.41) is 10.5. The molecule has 2 aromatic rings. The molecule has 0 atom stereocenters. The molecule has 0 aliphatic heterocycles. The number of hydrogen-bond donors (Lipinski definition) is 0. The van der Waals surface area contributed by atoms with Crippen molar-refractivity contribution in [1.29, 1.82) is 0 Å². The molecule has 0 N–H and O–H groups in total. The van der Waals surface area contributed by atoms with Crippen LogP contribution >= 0.6 is 15.9 Å². The first-order valence-corrected chi connectivity index (χ1v) is 6.11. The average molecular weight is 345 g/mol. The van der Waals surface area contributed by atoms with Crippen molar-refractivity contribution < 1.29 is 18.4 Å². The van der Waals surface area contributed by atoms with Gasteiger partial charge < -0.3 is 4.74 Å². The summed E-state index contributed by atoms with van der Waals surface area (Å²) >= 11 is 3.17. The Kier molecular flexibility index (Phi) is 3.93. The summed E-state index contributed by atoms with van der Waals surface area (Å²) in [6, 6.07) is 2.76. The highest BCUT2D eigenvalue weighted by molar-refractivity contribution is 9.10. The first-order valence-electron chi connectivity index (χ1n) is 5.32. The smallest absolute Gasteiger partial charge is 0.307 e. The maximum Gasteiger partial charge on any atom is 0.307 e. The Bertz CT molecular complexity index is 695. The zero-order chi connectivity index (χ0) is 14.9. The molecule has 1 aromatic heterocycles. The standard InChI is InChI=1S/C12H7BrF2N2O3/c1-6-2-7(13)12(16-5-6)20-11-4-8(14)10(17(18)19)3-9(11)15/h2-5H,1H3. The van der Waals surface area contributed by atoms with Crippen LogP contribution in [-0.2, 0) is 0 Å². The lowest BCUT2D eigenvalue weighted by molar-refractivity contribution is -0.387. The molecule has 8 heteroatoms. The van der Waals surface area contributed by atoms with Crippen molar-refractivity contribution >= 4 is 21.6 Å². The van der Waals surface area contributed by atoms with Gasteiger partial charge in [-0.2, -0.15) is 4.39 Å². The number of aromatic nitrogens is 1. The van der Waals surface area contributed by atoms with Crippen molar-refractivity contribution in [3.05, 3.63) is 56.2 Å². The largest absolute Gasteiger partial charge is 0.435 e. The molecule has 0 amide bonds. The third kappa shape index (κ3) is 2.90. The first kappa shape index (κ1) is 14.3. The van der Waals surface area contributed by atoms with Gasteiger partial charge in [0.25, 0.3) is 0 Å². The highest BCUT2D eigenvalue weighted by Gasteiger charge is 2.20. The van der Waals surface area contributed by atoms with E-state index in [0.717, 1.165) is 5.56 Å². The number of hydrogen-bond acceptors (Lipinski definition) is 4. The van der Waals surface area contributed by atoms with Crippen molar-refractivity contribution in [2.45, 2.75) is 6.92 Å². The van der Waals surface area contributed by atoms with Gasteiger partial charge in [-0.05, 0) is 34.5 Å². The fourth-order valence-electron chi connectivity index (χ4n) is 1.44. The molecular weight excluding hydrogens is 338 g/mol. The summed E-state index contributed by atoms with van der Waals surface area (Å²) in [6.07, 6.45) is 1.49. The van der Waals surface area contributed by atoms with E-state index in [1.807, 2.05) is 0 Å². The number of nitro benzene ring substituents is 1. The van der Waals surface area contributed by atoms with E-state index < -0.39 is 28.0 Å². The Labute approximate surface area is 120 Å². The first-order chi connectivity index (χ1) is 9.38. The van der Waals surface area contributed by atoms with Crippen LogP contribution in [0.5, 0.6) is 11.6 Å². The summed E-state index contributed by atoms with van der Waals surface area (Å²) in [4.78, 5) is 13.4. The lowest BCUT2D eigenvalue weighted by atomic mass is 10.3. The summed E-state index contributed by atoms with van der Waals surface area (Å²) < 4.78 is 32.6. The molecule has 0 spiro atoms. The second-order valence-electron chi connectivity index (χ2n) is 3.89. The number of aryl methyl sites for hydroxylation is 1. The molecule has 1 heterocycles. The van der Waals surface area contributed by atoms with Crippen LogP contribution in [0.15, 0.2) is 28.9 Å². The molecule has 0 fully saturated rings. The van der Waals surface area contributed by atoms with Gasteiger partial charge in [0, 0.05) is 12.3 Å². The number of halogens is 3. The number of nitrogens with zero attached hydrogens (tertiary/aromatic N) is 2. The molecule has 0 saturated heterocycles. The highest BCUT2D eigenvalue weighted by atomic mass is 79.9. The molecule has 0 unspecified atom stereocenters. The molecule has 0 radical (unpaired) electrons. The van der Waals surface area contributed by atoms with Gasteiger partial charge >= 0.3 is 5.69 Å². The van der Waals surface area contributed by atoms with Crippen molar-refractivity contribution in [1.82, 2.24) is 4.98 Å². The van der Waals surface area contributed by atoms with E-state index in [1.165, 1.54) is 6.20 Å². The Hall–Kier alpha value is -2.09. The minimum atomic E-state index is -1.19. The minimum absolute atomic E-state index is 0.0303. The zero-order valence-corrected chi connectivity index (χ0v) is 11.6. The van der Waals surface area contributed by atoms with Crippen LogP contribution in [0.4, 0.5) is 14.5 Å². The van der Waals surface area contributed by atoms with E-state index in [-0.39, 0.29) is 5.88 Å². The zero-order valence-electron chi connectivity index (χ0n) is 10.1. The second kappa shape index (κ2) is 5.49. The number of benzene rings is 1. The maximum atomic E-state index is 13.6. The Balaban J connectivity index is 2.39. The highest BCUT2D eigenvalue weighted by Crippen LogP contribution is 2.32. The Morgan fingerprint density at radius 3 is 2.60 bits per heavy atom. The summed E-state index contributed by atoms with van der Waals surface area (Å²) in [5.74, 6) is -2.69. The Morgan fingerprint density at radius 2 is 2.00 bits per heavy atom. The van der Waals surface area contributed by atoms with Gasteiger partial charge in [0.2, 0.25) is 11.7 Å². The monoisotopic (exact) mass is 344 g/mol. The van der Waals surface area contributed by atoms with Gasteiger partial charge in [0.15, 0.2) is 11.6 Å². The summed E-state index contributed by atoms with van der Waals surface area (Å²) in [6.45, 7) is 1.80. The van der Waals surface area contributed by atoms with Crippen LogP contribution in [0, 0.1) is 28.7 Å². The fraction of sp³-hybridized carbons (Fsp3) is 0.0833. The van der Waals surface area contributed by atoms with Gasteiger partial charge in [0.05, 0.1) is 15.5 Å². The van der Waals surface area contributed by atoms with E-state index in [4.69, 9.17) is 4.74 Å². The van der Waals surface area contributed by atoms with Crippen molar-refractivity contribution in [3.63, 3.8) is 0 Å². The topological polar surface area (TPSA) is 65.3 Å². The number of pyridine rings is 1. The average Bonchev–Trinajstić information content (AvgIpc) is 2.36. The molecule has 0 bridgehead atoms. The lowest BCUT2D eigenvalue weighted by Gasteiger charge is -2.08. The molecule has 1 aromatic carbocycles. The fourth-order valence-corrected chi connectivity index (χ4v) is 1.98. The van der Waals surface area contributed by atoms with E-state index in [2.05, 4.69) is 20.9 Å². The molecule has 104 valence electrons. The molecular formula is C12H7BrF2N2O3. The van der Waals surface area contributed by atoms with Crippen LogP contribution in [0.3, 0.4) is 0 Å². The third-order valence-corrected chi connectivity index (χ3v) is 2.92. The van der Waals surface area contributed by atoms with Gasteiger partial charge in [0.1, 0.15) is 0 Å². The van der Waals surface area contributed by atoms with Crippen LogP contribution < -0.4 is 4.74 Å². The van der Waals surface area contributed by atoms with Gasteiger partial charge in [-0.1, -0.05) is 0 Å². The third-order valence-electron chi connectivity index (χ3n) is 2.35. The molecule has 0 saturated carbocycles. The van der Waals surface area contributed by atoms with Gasteiger partial charge in [-0.15, -0.1) is 0 Å². The number of rotatable bonds is 3. The van der Waals surface area contributed by atoms with E-state index in [9.17, 15) is 18.9 Å². The number of ether oxygens (including phenoxy) is 1. The predicted octanol–water partition coefficient (Wildman–Crippen LogP) is 4.13. The summed E-state index contributed by atoms with van der Waals surface area (Å²) in [5.41, 5.74) is -0.106. The van der Waals surface area contributed by atoms with Gasteiger partial charge in [-0.25, -0.2) is 9.37 Å². The SMILES string of the molecule is Cc1cnc(Oc2cc(F)c([N+](=O)[O-])cc2F)c(Br)c1. The van der Waals surface area contributed by atoms with Crippen LogP contribution in [0.2, 0.25) is 0 Å². The van der Waals surface area contributed by atoms with Crippen LogP contribution in [0.1, 0.15) is 5.56 Å².